The molecule has 0 N–H and O–H groups in total. The molecular weight excluding hydrogens is 250 g/mol. The molecule has 0 fully saturated rings. The summed E-state index contributed by atoms with van der Waals surface area (Å²) >= 11 is 1.49. The lowest BCUT2D eigenvalue weighted by atomic mass is 10.4. The van der Waals surface area contributed by atoms with Crippen molar-refractivity contribution >= 4 is 22.4 Å². The van der Waals surface area contributed by atoms with Crippen LogP contribution < -0.4 is 4.90 Å². The van der Waals surface area contributed by atoms with Crippen LogP contribution in [-0.2, 0) is 4.74 Å². The molecular formula is C12H21N3O2S. The van der Waals surface area contributed by atoms with Gasteiger partial charge in [0.25, 0.3) is 0 Å². The van der Waals surface area contributed by atoms with Crippen LogP contribution in [0.4, 0.5) is 5.13 Å². The zero-order valence-corrected chi connectivity index (χ0v) is 12.3. The van der Waals surface area contributed by atoms with E-state index in [2.05, 4.69) is 26.4 Å². The first-order valence-electron chi connectivity index (χ1n) is 6.02. The molecule has 6 heteroatoms. The van der Waals surface area contributed by atoms with E-state index in [1.54, 1.807) is 5.38 Å². The second kappa shape index (κ2) is 7.33. The average Bonchev–Trinajstić information content (AvgIpc) is 2.82. The average molecular weight is 271 g/mol. The molecule has 1 aromatic heterocycles. The highest BCUT2D eigenvalue weighted by molar-refractivity contribution is 7.13. The highest BCUT2D eigenvalue weighted by atomic mass is 32.1. The lowest BCUT2D eigenvalue weighted by Gasteiger charge is -2.23. The summed E-state index contributed by atoms with van der Waals surface area (Å²) in [5.74, 6) is -0.374. The molecule has 0 radical (unpaired) electrons. The number of likely N-dealkylation sites (N-methyl/N-ethyl adjacent to an activating group) is 1. The first-order valence-corrected chi connectivity index (χ1v) is 6.90. The number of hydrogen-bond acceptors (Lipinski definition) is 6. The number of carbonyl (C=O) groups excluding carboxylic acids is 1. The Labute approximate surface area is 112 Å². The van der Waals surface area contributed by atoms with Crippen molar-refractivity contribution in [1.82, 2.24) is 9.88 Å². The number of aromatic nitrogens is 1. The predicted octanol–water partition coefficient (Wildman–Crippen LogP) is 1.71. The maximum Gasteiger partial charge on any atom is 0.357 e. The van der Waals surface area contributed by atoms with Crippen molar-refractivity contribution in [2.24, 2.45) is 0 Å². The molecule has 18 heavy (non-hydrogen) atoms. The Bertz CT molecular complexity index is 379. The third-order valence-corrected chi connectivity index (χ3v) is 3.37. The van der Waals surface area contributed by atoms with Crippen molar-refractivity contribution in [1.29, 1.82) is 0 Å². The Morgan fingerprint density at radius 3 is 2.67 bits per heavy atom. The van der Waals surface area contributed by atoms with E-state index in [1.165, 1.54) is 18.4 Å². The van der Waals surface area contributed by atoms with Crippen LogP contribution in [0.2, 0.25) is 0 Å². The van der Waals surface area contributed by atoms with Gasteiger partial charge < -0.3 is 14.5 Å². The van der Waals surface area contributed by atoms with Crippen molar-refractivity contribution in [2.75, 3.05) is 45.7 Å². The van der Waals surface area contributed by atoms with Crippen LogP contribution in [0, 0.1) is 0 Å². The highest BCUT2D eigenvalue weighted by Gasteiger charge is 2.15. The molecule has 0 spiro atoms. The minimum absolute atomic E-state index is 0.374. The zero-order chi connectivity index (χ0) is 13.5. The molecule has 0 amide bonds. The molecule has 0 unspecified atom stereocenters. The number of ether oxygens (including phenoxy) is 1. The summed E-state index contributed by atoms with van der Waals surface area (Å²) in [6.07, 6.45) is 1.06. The summed E-state index contributed by atoms with van der Waals surface area (Å²) in [4.78, 5) is 20.0. The first kappa shape index (κ1) is 14.9. The Balaban J connectivity index is 2.72. The zero-order valence-electron chi connectivity index (χ0n) is 11.5. The summed E-state index contributed by atoms with van der Waals surface area (Å²) < 4.78 is 4.67. The summed E-state index contributed by atoms with van der Waals surface area (Å²) in [6, 6.07) is 0. The van der Waals surface area contributed by atoms with Gasteiger partial charge in [0.15, 0.2) is 10.8 Å². The van der Waals surface area contributed by atoms with Gasteiger partial charge in [0.2, 0.25) is 0 Å². The van der Waals surface area contributed by atoms with E-state index < -0.39 is 0 Å². The summed E-state index contributed by atoms with van der Waals surface area (Å²) in [5.41, 5.74) is 0.392. The third kappa shape index (κ3) is 4.27. The molecule has 0 atom stereocenters. The van der Waals surface area contributed by atoms with Gasteiger partial charge >= 0.3 is 5.97 Å². The van der Waals surface area contributed by atoms with E-state index in [-0.39, 0.29) is 5.97 Å². The number of rotatable bonds is 7. The van der Waals surface area contributed by atoms with E-state index >= 15 is 0 Å². The maximum atomic E-state index is 11.4. The number of methoxy groups -OCH3 is 1. The number of thiazole rings is 1. The second-order valence-electron chi connectivity index (χ2n) is 4.30. The minimum atomic E-state index is -0.374. The lowest BCUT2D eigenvalue weighted by Crippen LogP contribution is -2.32. The van der Waals surface area contributed by atoms with E-state index in [1.807, 2.05) is 14.1 Å². The molecule has 0 aliphatic heterocycles. The van der Waals surface area contributed by atoms with Gasteiger partial charge in [-0.3, -0.25) is 0 Å². The van der Waals surface area contributed by atoms with Gasteiger partial charge in [0, 0.05) is 25.0 Å². The van der Waals surface area contributed by atoms with Crippen molar-refractivity contribution in [3.05, 3.63) is 11.1 Å². The number of esters is 1. The van der Waals surface area contributed by atoms with E-state index in [9.17, 15) is 4.79 Å². The molecule has 0 aliphatic carbocycles. The molecule has 0 bridgehead atoms. The number of carbonyl (C=O) groups is 1. The fourth-order valence-electron chi connectivity index (χ4n) is 1.50. The van der Waals surface area contributed by atoms with Crippen LogP contribution in [-0.4, -0.2) is 56.7 Å². The quantitative estimate of drug-likeness (QED) is 0.706. The van der Waals surface area contributed by atoms with Gasteiger partial charge in [-0.1, -0.05) is 6.92 Å². The van der Waals surface area contributed by atoms with Gasteiger partial charge in [-0.25, -0.2) is 9.78 Å². The molecule has 1 rings (SSSR count). The summed E-state index contributed by atoms with van der Waals surface area (Å²) in [6.45, 7) is 4.96. The molecule has 1 heterocycles. The SMILES string of the molecule is CCCN(CCN(C)C)c1nc(C(=O)OC)cs1. The van der Waals surface area contributed by atoms with E-state index in [0.717, 1.165) is 31.2 Å². The van der Waals surface area contributed by atoms with Crippen LogP contribution in [0.1, 0.15) is 23.8 Å². The summed E-state index contributed by atoms with van der Waals surface area (Å²) in [7, 11) is 5.47. The van der Waals surface area contributed by atoms with Gasteiger partial charge in [-0.15, -0.1) is 11.3 Å². The van der Waals surface area contributed by atoms with E-state index in [0.29, 0.717) is 5.69 Å². The Hall–Kier alpha value is -1.14. The van der Waals surface area contributed by atoms with Crippen molar-refractivity contribution in [2.45, 2.75) is 13.3 Å². The molecule has 102 valence electrons. The van der Waals surface area contributed by atoms with Gasteiger partial charge in [0.05, 0.1) is 7.11 Å². The minimum Gasteiger partial charge on any atom is -0.464 e. The third-order valence-electron chi connectivity index (χ3n) is 2.47. The van der Waals surface area contributed by atoms with Crippen LogP contribution in [0.3, 0.4) is 0 Å². The van der Waals surface area contributed by atoms with Crippen molar-refractivity contribution in [3.63, 3.8) is 0 Å². The fourth-order valence-corrected chi connectivity index (χ4v) is 2.35. The van der Waals surface area contributed by atoms with Crippen LogP contribution in [0.15, 0.2) is 5.38 Å². The topological polar surface area (TPSA) is 45.7 Å². The number of hydrogen-bond donors (Lipinski definition) is 0. The lowest BCUT2D eigenvalue weighted by molar-refractivity contribution is 0.0595. The van der Waals surface area contributed by atoms with Crippen LogP contribution in [0.5, 0.6) is 0 Å². The predicted molar refractivity (Wildman–Crippen MR) is 74.5 cm³/mol. The van der Waals surface area contributed by atoms with Crippen molar-refractivity contribution in [3.8, 4) is 0 Å². The van der Waals surface area contributed by atoms with Crippen LogP contribution in [0.25, 0.3) is 0 Å². The smallest absolute Gasteiger partial charge is 0.357 e. The Kier molecular flexibility index (Phi) is 6.07. The van der Waals surface area contributed by atoms with Gasteiger partial charge in [-0.05, 0) is 20.5 Å². The first-order chi connectivity index (χ1) is 8.58. The number of nitrogens with zero attached hydrogens (tertiary/aromatic N) is 3. The van der Waals surface area contributed by atoms with Gasteiger partial charge in [-0.2, -0.15) is 0 Å². The number of anilines is 1. The molecule has 5 nitrogen and oxygen atoms in total. The van der Waals surface area contributed by atoms with Crippen molar-refractivity contribution < 1.29 is 9.53 Å². The molecule has 0 aromatic carbocycles. The molecule has 0 aliphatic rings. The standard InChI is InChI=1S/C12H21N3O2S/c1-5-6-15(8-7-14(2)3)12-13-10(9-18-12)11(16)17-4/h9H,5-8H2,1-4H3. The monoisotopic (exact) mass is 271 g/mol. The summed E-state index contributed by atoms with van der Waals surface area (Å²) in [5, 5.41) is 2.64. The maximum absolute atomic E-state index is 11.4. The Morgan fingerprint density at radius 2 is 2.11 bits per heavy atom. The highest BCUT2D eigenvalue weighted by Crippen LogP contribution is 2.21. The normalized spacial score (nSPS) is 10.7. The molecule has 0 saturated carbocycles. The second-order valence-corrected chi connectivity index (χ2v) is 5.13. The Morgan fingerprint density at radius 1 is 1.39 bits per heavy atom. The molecule has 0 saturated heterocycles. The van der Waals surface area contributed by atoms with Gasteiger partial charge in [0.1, 0.15) is 0 Å². The van der Waals surface area contributed by atoms with E-state index in [4.69, 9.17) is 0 Å². The fraction of sp³-hybridized carbons (Fsp3) is 0.667. The largest absolute Gasteiger partial charge is 0.464 e. The van der Waals surface area contributed by atoms with Crippen LogP contribution >= 0.6 is 11.3 Å². The molecule has 1 aromatic rings.